The molecule has 0 aromatic heterocycles. The summed E-state index contributed by atoms with van der Waals surface area (Å²) < 4.78 is 10.9. The third-order valence-electron chi connectivity index (χ3n) is 7.34. The number of aliphatic carboxylic acids is 1. The van der Waals surface area contributed by atoms with Gasteiger partial charge in [0.15, 0.2) is 0 Å². The normalized spacial score (nSPS) is 14.1. The van der Waals surface area contributed by atoms with Gasteiger partial charge < -0.3 is 25.2 Å². The summed E-state index contributed by atoms with van der Waals surface area (Å²) in [7, 11) is 0. The second-order valence-electron chi connectivity index (χ2n) is 10.1. The molecule has 1 aliphatic rings. The first-order chi connectivity index (χ1) is 19.8. The van der Waals surface area contributed by atoms with Crippen molar-refractivity contribution in [3.8, 4) is 11.1 Å². The van der Waals surface area contributed by atoms with Gasteiger partial charge in [0.1, 0.15) is 25.3 Å². The van der Waals surface area contributed by atoms with Gasteiger partial charge in [-0.25, -0.2) is 9.59 Å². The molecule has 9 nitrogen and oxygen atoms in total. The Bertz CT molecular complexity index is 1350. The molecule has 3 aromatic carbocycles. The maximum Gasteiger partial charge on any atom is 0.407 e. The molecule has 4 rings (SSSR count). The summed E-state index contributed by atoms with van der Waals surface area (Å²) in [6.45, 7) is 3.50. The molecule has 0 fully saturated rings. The minimum atomic E-state index is -1.40. The number of benzene rings is 3. The van der Waals surface area contributed by atoms with E-state index < -0.39 is 42.4 Å². The van der Waals surface area contributed by atoms with Crippen LogP contribution < -0.4 is 10.6 Å². The Kier molecular flexibility index (Phi) is 9.73. The Hall–Kier alpha value is -4.66. The molecule has 41 heavy (non-hydrogen) atoms. The molecule has 0 bridgehead atoms. The highest BCUT2D eigenvalue weighted by Gasteiger charge is 2.33. The summed E-state index contributed by atoms with van der Waals surface area (Å²) in [6.07, 6.45) is -0.908. The van der Waals surface area contributed by atoms with Crippen molar-refractivity contribution < 1.29 is 33.8 Å². The Balaban J connectivity index is 1.44. The average molecular weight is 559 g/mol. The molecule has 0 heterocycles. The molecular formula is C32H34N2O7. The average Bonchev–Trinajstić information content (AvgIpc) is 3.30. The van der Waals surface area contributed by atoms with Gasteiger partial charge >= 0.3 is 18.0 Å². The summed E-state index contributed by atoms with van der Waals surface area (Å²) in [5, 5.41) is 14.5. The standard InChI is InChI=1S/C32H34N2O7/c1-3-20(2)29(31(37)38)34-30(36)27(17-28(35)40-18-21-11-5-4-6-12-21)33-32(39)41-19-26-24-15-9-7-13-22(24)23-14-8-10-16-25(23)26/h4-16,20,26-27,29H,3,17-19H2,1-2H3,(H,33,39)(H,34,36)(H,37,38)/t20?,27-,29-/m0/s1. The highest BCUT2D eigenvalue weighted by molar-refractivity contribution is 5.92. The van der Waals surface area contributed by atoms with Crippen LogP contribution in [0.15, 0.2) is 78.9 Å². The number of carbonyl (C=O) groups excluding carboxylic acids is 3. The zero-order valence-electron chi connectivity index (χ0n) is 23.0. The van der Waals surface area contributed by atoms with Crippen molar-refractivity contribution in [2.75, 3.05) is 6.61 Å². The van der Waals surface area contributed by atoms with Gasteiger partial charge in [0.25, 0.3) is 0 Å². The third kappa shape index (κ3) is 7.30. The number of hydrogen-bond acceptors (Lipinski definition) is 6. The summed E-state index contributed by atoms with van der Waals surface area (Å²) >= 11 is 0. The number of carboxylic acids is 1. The van der Waals surface area contributed by atoms with Gasteiger partial charge in [-0.2, -0.15) is 0 Å². The summed E-state index contributed by atoms with van der Waals surface area (Å²) in [4.78, 5) is 50.5. The Morgan fingerprint density at radius 1 is 0.829 bits per heavy atom. The zero-order chi connectivity index (χ0) is 29.4. The van der Waals surface area contributed by atoms with E-state index in [9.17, 15) is 24.3 Å². The predicted octanol–water partition coefficient (Wildman–Crippen LogP) is 4.64. The number of carbonyl (C=O) groups is 4. The van der Waals surface area contributed by atoms with Crippen LogP contribution in [0.2, 0.25) is 0 Å². The zero-order valence-corrected chi connectivity index (χ0v) is 23.0. The van der Waals surface area contributed by atoms with E-state index in [0.717, 1.165) is 27.8 Å². The quantitative estimate of drug-likeness (QED) is 0.276. The molecule has 0 saturated carbocycles. The van der Waals surface area contributed by atoms with E-state index in [4.69, 9.17) is 9.47 Å². The second-order valence-corrected chi connectivity index (χ2v) is 10.1. The van der Waals surface area contributed by atoms with Crippen LogP contribution in [-0.2, 0) is 30.5 Å². The van der Waals surface area contributed by atoms with E-state index in [-0.39, 0.29) is 25.0 Å². The van der Waals surface area contributed by atoms with Crippen LogP contribution in [0.1, 0.15) is 49.3 Å². The molecule has 214 valence electrons. The Labute approximate surface area is 238 Å². The highest BCUT2D eigenvalue weighted by atomic mass is 16.5. The van der Waals surface area contributed by atoms with Gasteiger partial charge in [-0.05, 0) is 33.7 Å². The molecule has 3 N–H and O–H groups in total. The first kappa shape index (κ1) is 29.3. The van der Waals surface area contributed by atoms with E-state index in [1.165, 1.54) is 0 Å². The van der Waals surface area contributed by atoms with Crippen LogP contribution in [-0.4, -0.2) is 47.7 Å². The lowest BCUT2D eigenvalue weighted by Crippen LogP contribution is -2.54. The van der Waals surface area contributed by atoms with Crippen molar-refractivity contribution in [2.24, 2.45) is 5.92 Å². The maximum absolute atomic E-state index is 13.2. The molecule has 1 aliphatic carbocycles. The fourth-order valence-electron chi connectivity index (χ4n) is 4.89. The van der Waals surface area contributed by atoms with Crippen LogP contribution in [0.25, 0.3) is 11.1 Å². The van der Waals surface area contributed by atoms with Gasteiger partial charge in [-0.15, -0.1) is 0 Å². The van der Waals surface area contributed by atoms with Crippen molar-refractivity contribution in [2.45, 2.75) is 51.3 Å². The van der Waals surface area contributed by atoms with Crippen LogP contribution in [0.5, 0.6) is 0 Å². The number of amides is 2. The SMILES string of the molecule is CCC(C)[C@H](NC(=O)[C@H](CC(=O)OCc1ccccc1)NC(=O)OCC1c2ccccc2-c2ccccc21)C(=O)O. The van der Waals surface area contributed by atoms with Crippen LogP contribution >= 0.6 is 0 Å². The smallest absolute Gasteiger partial charge is 0.407 e. The number of rotatable bonds is 12. The molecule has 0 radical (unpaired) electrons. The lowest BCUT2D eigenvalue weighted by atomic mass is 9.98. The number of carboxylic acid groups (broad SMARTS) is 1. The third-order valence-corrected chi connectivity index (χ3v) is 7.34. The molecule has 3 atom stereocenters. The van der Waals surface area contributed by atoms with Crippen molar-refractivity contribution in [3.63, 3.8) is 0 Å². The minimum absolute atomic E-state index is 0.0103. The van der Waals surface area contributed by atoms with Gasteiger partial charge in [0.05, 0.1) is 6.42 Å². The molecule has 1 unspecified atom stereocenters. The summed E-state index contributed by atoms with van der Waals surface area (Å²) in [5.74, 6) is -3.33. The molecule has 2 amide bonds. The lowest BCUT2D eigenvalue weighted by molar-refractivity contribution is -0.147. The van der Waals surface area contributed by atoms with Crippen molar-refractivity contribution in [1.29, 1.82) is 0 Å². The first-order valence-corrected chi connectivity index (χ1v) is 13.6. The summed E-state index contributed by atoms with van der Waals surface area (Å²) in [5.41, 5.74) is 4.95. The van der Waals surface area contributed by atoms with Crippen molar-refractivity contribution >= 4 is 23.9 Å². The monoisotopic (exact) mass is 558 g/mol. The molecule has 0 aliphatic heterocycles. The fraction of sp³-hybridized carbons (Fsp3) is 0.312. The highest BCUT2D eigenvalue weighted by Crippen LogP contribution is 2.44. The van der Waals surface area contributed by atoms with E-state index >= 15 is 0 Å². The molecule has 0 spiro atoms. The fourth-order valence-corrected chi connectivity index (χ4v) is 4.89. The van der Waals surface area contributed by atoms with Crippen LogP contribution in [0.3, 0.4) is 0 Å². The maximum atomic E-state index is 13.2. The second kappa shape index (κ2) is 13.6. The molecule has 9 heteroatoms. The van der Waals surface area contributed by atoms with Gasteiger partial charge in [-0.3, -0.25) is 9.59 Å². The largest absolute Gasteiger partial charge is 0.480 e. The number of fused-ring (bicyclic) bond motifs is 3. The molecule has 0 saturated heterocycles. The van der Waals surface area contributed by atoms with E-state index in [2.05, 4.69) is 10.6 Å². The van der Waals surface area contributed by atoms with E-state index in [1.54, 1.807) is 38.1 Å². The number of ether oxygens (including phenoxy) is 2. The number of hydrogen-bond donors (Lipinski definition) is 3. The topological polar surface area (TPSA) is 131 Å². The van der Waals surface area contributed by atoms with Gasteiger partial charge in [0, 0.05) is 5.92 Å². The van der Waals surface area contributed by atoms with E-state index in [0.29, 0.717) is 6.42 Å². The Morgan fingerprint density at radius 2 is 1.41 bits per heavy atom. The molecular weight excluding hydrogens is 524 g/mol. The van der Waals surface area contributed by atoms with Crippen LogP contribution in [0, 0.1) is 5.92 Å². The number of nitrogens with one attached hydrogen (secondary N) is 2. The van der Waals surface area contributed by atoms with E-state index in [1.807, 2.05) is 54.6 Å². The van der Waals surface area contributed by atoms with Crippen LogP contribution in [0.4, 0.5) is 4.79 Å². The van der Waals surface area contributed by atoms with Gasteiger partial charge in [0.2, 0.25) is 5.91 Å². The predicted molar refractivity (Wildman–Crippen MR) is 152 cm³/mol. The number of esters is 1. The number of alkyl carbamates (subject to hydrolysis) is 1. The summed E-state index contributed by atoms with van der Waals surface area (Å²) in [6, 6.07) is 22.2. The van der Waals surface area contributed by atoms with Crippen molar-refractivity contribution in [3.05, 3.63) is 95.6 Å². The Morgan fingerprint density at radius 3 is 2.00 bits per heavy atom. The minimum Gasteiger partial charge on any atom is -0.480 e. The van der Waals surface area contributed by atoms with Crippen molar-refractivity contribution in [1.82, 2.24) is 10.6 Å². The lowest BCUT2D eigenvalue weighted by Gasteiger charge is -2.24. The molecule has 3 aromatic rings. The van der Waals surface area contributed by atoms with Gasteiger partial charge in [-0.1, -0.05) is 99.1 Å². The first-order valence-electron chi connectivity index (χ1n) is 13.6.